The predicted octanol–water partition coefficient (Wildman–Crippen LogP) is 0.658. The molecule has 0 saturated carbocycles. The van der Waals surface area contributed by atoms with Gasteiger partial charge in [-0.15, -0.1) is 0 Å². The number of ether oxygens (including phenoxy) is 1. The van der Waals surface area contributed by atoms with Gasteiger partial charge >= 0.3 is 0 Å². The van der Waals surface area contributed by atoms with Crippen molar-refractivity contribution in [2.75, 3.05) is 39.9 Å². The SMILES string of the molecule is CCN1CCCC(CN=C(N)NC(C)COC)C1. The molecule has 0 bridgehead atoms. The molecule has 2 atom stereocenters. The smallest absolute Gasteiger partial charge is 0.188 e. The lowest BCUT2D eigenvalue weighted by atomic mass is 9.98. The Bertz CT molecular complexity index is 257. The van der Waals surface area contributed by atoms with E-state index >= 15 is 0 Å². The first-order chi connectivity index (χ1) is 8.65. The average molecular weight is 256 g/mol. The summed E-state index contributed by atoms with van der Waals surface area (Å²) in [5, 5.41) is 3.13. The quantitative estimate of drug-likeness (QED) is 0.541. The van der Waals surface area contributed by atoms with Crippen LogP contribution in [0.2, 0.25) is 0 Å². The van der Waals surface area contributed by atoms with Crippen LogP contribution in [0, 0.1) is 5.92 Å². The summed E-state index contributed by atoms with van der Waals surface area (Å²) in [6.45, 7) is 9.24. The highest BCUT2D eigenvalue weighted by Gasteiger charge is 2.18. The van der Waals surface area contributed by atoms with Gasteiger partial charge in [0.25, 0.3) is 0 Å². The Balaban J connectivity index is 2.29. The molecule has 0 radical (unpaired) electrons. The number of hydrogen-bond donors (Lipinski definition) is 2. The number of methoxy groups -OCH3 is 1. The second kappa shape index (κ2) is 8.32. The summed E-state index contributed by atoms with van der Waals surface area (Å²) in [7, 11) is 1.69. The molecule has 0 aliphatic carbocycles. The molecule has 1 heterocycles. The summed E-state index contributed by atoms with van der Waals surface area (Å²) in [6, 6.07) is 0.206. The first-order valence-electron chi connectivity index (χ1n) is 6.93. The van der Waals surface area contributed by atoms with Crippen molar-refractivity contribution in [3.05, 3.63) is 0 Å². The van der Waals surface area contributed by atoms with Gasteiger partial charge in [0, 0.05) is 26.2 Å². The Labute approximate surface area is 111 Å². The second-order valence-electron chi connectivity index (χ2n) is 5.13. The van der Waals surface area contributed by atoms with Crippen molar-refractivity contribution >= 4 is 5.96 Å². The lowest BCUT2D eigenvalue weighted by Crippen LogP contribution is -2.41. The van der Waals surface area contributed by atoms with Crippen molar-refractivity contribution in [2.24, 2.45) is 16.6 Å². The number of nitrogens with one attached hydrogen (secondary N) is 1. The zero-order chi connectivity index (χ0) is 13.4. The maximum absolute atomic E-state index is 5.86. The Hall–Kier alpha value is -0.810. The first-order valence-corrected chi connectivity index (χ1v) is 6.93. The summed E-state index contributed by atoms with van der Waals surface area (Å²) >= 11 is 0. The van der Waals surface area contributed by atoms with Gasteiger partial charge in [-0.05, 0) is 38.8 Å². The van der Waals surface area contributed by atoms with Crippen molar-refractivity contribution in [2.45, 2.75) is 32.7 Å². The topological polar surface area (TPSA) is 62.9 Å². The summed E-state index contributed by atoms with van der Waals surface area (Å²) < 4.78 is 5.05. The highest BCUT2D eigenvalue weighted by Crippen LogP contribution is 2.16. The van der Waals surface area contributed by atoms with E-state index in [1.54, 1.807) is 7.11 Å². The summed E-state index contributed by atoms with van der Waals surface area (Å²) in [5.41, 5.74) is 5.86. The monoisotopic (exact) mass is 256 g/mol. The molecule has 1 saturated heterocycles. The standard InChI is InChI=1S/C13H28N4O/c1-4-17-7-5-6-12(9-17)8-15-13(14)16-11(2)10-18-3/h11-12H,4-10H2,1-3H3,(H3,14,15,16). The fourth-order valence-corrected chi connectivity index (χ4v) is 2.40. The number of nitrogens with two attached hydrogens (primary N) is 1. The van der Waals surface area contributed by atoms with Crippen LogP contribution in [0.15, 0.2) is 4.99 Å². The molecule has 3 N–H and O–H groups in total. The first kappa shape index (κ1) is 15.2. The number of aliphatic imine (C=N–C) groups is 1. The van der Waals surface area contributed by atoms with Crippen LogP contribution in [0.5, 0.6) is 0 Å². The van der Waals surface area contributed by atoms with Crippen LogP contribution in [-0.2, 0) is 4.74 Å². The highest BCUT2D eigenvalue weighted by molar-refractivity contribution is 5.78. The van der Waals surface area contributed by atoms with Gasteiger partial charge in [-0.25, -0.2) is 0 Å². The lowest BCUT2D eigenvalue weighted by Gasteiger charge is -2.31. The van der Waals surface area contributed by atoms with Gasteiger partial charge in [0.2, 0.25) is 0 Å². The van der Waals surface area contributed by atoms with Crippen molar-refractivity contribution in [1.82, 2.24) is 10.2 Å². The van der Waals surface area contributed by atoms with E-state index in [1.807, 2.05) is 6.92 Å². The third kappa shape index (κ3) is 5.69. The molecule has 1 rings (SSSR count). The maximum Gasteiger partial charge on any atom is 0.188 e. The molecule has 2 unspecified atom stereocenters. The molecule has 0 spiro atoms. The van der Waals surface area contributed by atoms with E-state index in [0.717, 1.165) is 19.6 Å². The third-order valence-electron chi connectivity index (χ3n) is 3.38. The Morgan fingerprint density at radius 1 is 1.61 bits per heavy atom. The number of hydrogen-bond acceptors (Lipinski definition) is 3. The van der Waals surface area contributed by atoms with Gasteiger partial charge in [0.1, 0.15) is 0 Å². The molecule has 0 aromatic heterocycles. The highest BCUT2D eigenvalue weighted by atomic mass is 16.5. The zero-order valence-corrected chi connectivity index (χ0v) is 12.0. The number of likely N-dealkylation sites (tertiary alicyclic amines) is 1. The number of nitrogens with zero attached hydrogens (tertiary/aromatic N) is 2. The van der Waals surface area contributed by atoms with Gasteiger partial charge in [-0.1, -0.05) is 6.92 Å². The minimum atomic E-state index is 0.206. The van der Waals surface area contributed by atoms with Crippen LogP contribution >= 0.6 is 0 Å². The Kier molecular flexibility index (Phi) is 7.05. The molecule has 5 nitrogen and oxygen atoms in total. The molecule has 5 heteroatoms. The minimum absolute atomic E-state index is 0.206. The fraction of sp³-hybridized carbons (Fsp3) is 0.923. The molecule has 0 aromatic rings. The van der Waals surface area contributed by atoms with E-state index in [9.17, 15) is 0 Å². The normalized spacial score (nSPS) is 23.9. The van der Waals surface area contributed by atoms with Crippen LogP contribution in [0.3, 0.4) is 0 Å². The largest absolute Gasteiger partial charge is 0.383 e. The van der Waals surface area contributed by atoms with Crippen LogP contribution < -0.4 is 11.1 Å². The zero-order valence-electron chi connectivity index (χ0n) is 12.0. The van der Waals surface area contributed by atoms with Crippen LogP contribution in [0.25, 0.3) is 0 Å². The van der Waals surface area contributed by atoms with Gasteiger partial charge in [-0.3, -0.25) is 4.99 Å². The van der Waals surface area contributed by atoms with Gasteiger partial charge in [0.05, 0.1) is 6.61 Å². The molecule has 106 valence electrons. The van der Waals surface area contributed by atoms with Gasteiger partial charge < -0.3 is 20.7 Å². The van der Waals surface area contributed by atoms with Crippen LogP contribution in [-0.4, -0.2) is 56.8 Å². The summed E-state index contributed by atoms with van der Waals surface area (Å²) in [4.78, 5) is 6.93. The van der Waals surface area contributed by atoms with E-state index in [4.69, 9.17) is 10.5 Å². The van der Waals surface area contributed by atoms with Crippen molar-refractivity contribution in [3.8, 4) is 0 Å². The second-order valence-corrected chi connectivity index (χ2v) is 5.13. The van der Waals surface area contributed by atoms with E-state index < -0.39 is 0 Å². The lowest BCUT2D eigenvalue weighted by molar-refractivity contribution is 0.178. The minimum Gasteiger partial charge on any atom is -0.383 e. The predicted molar refractivity (Wildman–Crippen MR) is 75.8 cm³/mol. The molecule has 0 amide bonds. The molecule has 0 aromatic carbocycles. The Morgan fingerprint density at radius 2 is 2.39 bits per heavy atom. The fourth-order valence-electron chi connectivity index (χ4n) is 2.40. The summed E-state index contributed by atoms with van der Waals surface area (Å²) in [6.07, 6.45) is 2.54. The van der Waals surface area contributed by atoms with Crippen LogP contribution in [0.1, 0.15) is 26.7 Å². The van der Waals surface area contributed by atoms with Crippen molar-refractivity contribution in [1.29, 1.82) is 0 Å². The average Bonchev–Trinajstić information content (AvgIpc) is 2.37. The molecule has 1 aliphatic rings. The van der Waals surface area contributed by atoms with E-state index in [1.165, 1.54) is 19.4 Å². The molecule has 1 aliphatic heterocycles. The van der Waals surface area contributed by atoms with Crippen molar-refractivity contribution in [3.63, 3.8) is 0 Å². The van der Waals surface area contributed by atoms with Crippen molar-refractivity contribution < 1.29 is 4.74 Å². The van der Waals surface area contributed by atoms with E-state index in [-0.39, 0.29) is 6.04 Å². The van der Waals surface area contributed by atoms with E-state index in [0.29, 0.717) is 18.5 Å². The molecule has 1 fully saturated rings. The summed E-state index contributed by atoms with van der Waals surface area (Å²) in [5.74, 6) is 1.19. The van der Waals surface area contributed by atoms with Gasteiger partial charge in [0.15, 0.2) is 5.96 Å². The molecule has 18 heavy (non-hydrogen) atoms. The number of guanidine groups is 1. The molecular weight excluding hydrogens is 228 g/mol. The van der Waals surface area contributed by atoms with E-state index in [2.05, 4.69) is 22.1 Å². The van der Waals surface area contributed by atoms with Gasteiger partial charge in [-0.2, -0.15) is 0 Å². The number of rotatable bonds is 6. The Morgan fingerprint density at radius 3 is 3.06 bits per heavy atom. The number of piperidine rings is 1. The molecular formula is C13H28N4O. The maximum atomic E-state index is 5.86. The van der Waals surface area contributed by atoms with Crippen LogP contribution in [0.4, 0.5) is 0 Å². The third-order valence-corrected chi connectivity index (χ3v) is 3.38.